The Labute approximate surface area is 121 Å². The lowest BCUT2D eigenvalue weighted by Crippen LogP contribution is -2.42. The number of nitrogens with zero attached hydrogens (tertiary/aromatic N) is 1. The van der Waals surface area contributed by atoms with E-state index in [9.17, 15) is 4.79 Å². The van der Waals surface area contributed by atoms with Crippen LogP contribution in [0.5, 0.6) is 5.75 Å². The standard InChI is InChI=1S/C16H24N2O2/c1-12-9-14(7-8-17-12)16(19)18(2)11-13-5-4-6-15(10-13)20-3/h4-6,10,12,14,17H,7-9,11H2,1-3H3. The molecule has 4 nitrogen and oxygen atoms in total. The molecule has 1 aliphatic heterocycles. The molecule has 2 atom stereocenters. The average Bonchev–Trinajstić information content (AvgIpc) is 2.46. The summed E-state index contributed by atoms with van der Waals surface area (Å²) < 4.78 is 5.22. The highest BCUT2D eigenvalue weighted by molar-refractivity contribution is 5.78. The molecule has 1 heterocycles. The molecule has 0 saturated carbocycles. The van der Waals surface area contributed by atoms with E-state index >= 15 is 0 Å². The van der Waals surface area contributed by atoms with Gasteiger partial charge in [-0.3, -0.25) is 4.79 Å². The Bertz CT molecular complexity index is 462. The molecule has 0 spiro atoms. The molecule has 0 bridgehead atoms. The number of carbonyl (C=O) groups excluding carboxylic acids is 1. The summed E-state index contributed by atoms with van der Waals surface area (Å²) in [7, 11) is 3.54. The molecular weight excluding hydrogens is 252 g/mol. The minimum Gasteiger partial charge on any atom is -0.497 e. The van der Waals surface area contributed by atoms with Crippen molar-refractivity contribution in [2.75, 3.05) is 20.7 Å². The smallest absolute Gasteiger partial charge is 0.225 e. The lowest BCUT2D eigenvalue weighted by molar-refractivity contribution is -0.135. The van der Waals surface area contributed by atoms with Gasteiger partial charge in [0.05, 0.1) is 7.11 Å². The maximum Gasteiger partial charge on any atom is 0.225 e. The number of piperidine rings is 1. The first kappa shape index (κ1) is 14.9. The highest BCUT2D eigenvalue weighted by Crippen LogP contribution is 2.20. The van der Waals surface area contributed by atoms with Crippen LogP contribution in [0.2, 0.25) is 0 Å². The van der Waals surface area contributed by atoms with Crippen LogP contribution in [0.3, 0.4) is 0 Å². The van der Waals surface area contributed by atoms with E-state index in [0.717, 1.165) is 30.7 Å². The lowest BCUT2D eigenvalue weighted by Gasteiger charge is -2.30. The molecule has 0 radical (unpaired) electrons. The lowest BCUT2D eigenvalue weighted by atomic mass is 9.92. The van der Waals surface area contributed by atoms with Crippen molar-refractivity contribution in [1.82, 2.24) is 10.2 Å². The first-order valence-electron chi connectivity index (χ1n) is 7.21. The monoisotopic (exact) mass is 276 g/mol. The third kappa shape index (κ3) is 3.73. The van der Waals surface area contributed by atoms with Crippen LogP contribution in [0.4, 0.5) is 0 Å². The Morgan fingerprint density at radius 3 is 3.00 bits per heavy atom. The molecule has 4 heteroatoms. The largest absolute Gasteiger partial charge is 0.497 e. The summed E-state index contributed by atoms with van der Waals surface area (Å²) in [6.45, 7) is 3.71. The van der Waals surface area contributed by atoms with Gasteiger partial charge in [0.25, 0.3) is 0 Å². The van der Waals surface area contributed by atoms with E-state index in [1.807, 2.05) is 36.2 Å². The summed E-state index contributed by atoms with van der Waals surface area (Å²) in [6, 6.07) is 8.31. The van der Waals surface area contributed by atoms with Crippen LogP contribution >= 0.6 is 0 Å². The van der Waals surface area contributed by atoms with E-state index in [4.69, 9.17) is 4.74 Å². The Morgan fingerprint density at radius 1 is 1.50 bits per heavy atom. The van der Waals surface area contributed by atoms with Gasteiger partial charge >= 0.3 is 0 Å². The molecule has 1 saturated heterocycles. The molecule has 1 aromatic carbocycles. The zero-order valence-electron chi connectivity index (χ0n) is 12.6. The first-order chi connectivity index (χ1) is 9.60. The van der Waals surface area contributed by atoms with E-state index in [2.05, 4.69) is 12.2 Å². The second kappa shape index (κ2) is 6.75. The third-order valence-electron chi connectivity index (χ3n) is 3.90. The Hall–Kier alpha value is -1.55. The first-order valence-corrected chi connectivity index (χ1v) is 7.21. The highest BCUT2D eigenvalue weighted by Gasteiger charge is 2.26. The van der Waals surface area contributed by atoms with Crippen molar-refractivity contribution in [3.8, 4) is 5.75 Å². The predicted molar refractivity (Wildman–Crippen MR) is 79.7 cm³/mol. The van der Waals surface area contributed by atoms with Crippen LogP contribution in [-0.4, -0.2) is 37.6 Å². The van der Waals surface area contributed by atoms with Gasteiger partial charge in [-0.05, 0) is 44.0 Å². The molecule has 2 rings (SSSR count). The number of carbonyl (C=O) groups is 1. The molecule has 1 N–H and O–H groups in total. The number of nitrogens with one attached hydrogen (secondary N) is 1. The van der Waals surface area contributed by atoms with Gasteiger partial charge in [0.1, 0.15) is 5.75 Å². The maximum absolute atomic E-state index is 12.5. The van der Waals surface area contributed by atoms with Crippen LogP contribution in [-0.2, 0) is 11.3 Å². The van der Waals surface area contributed by atoms with Gasteiger partial charge in [-0.2, -0.15) is 0 Å². The minimum atomic E-state index is 0.154. The zero-order chi connectivity index (χ0) is 14.5. The number of ether oxygens (including phenoxy) is 1. The quantitative estimate of drug-likeness (QED) is 0.915. The number of methoxy groups -OCH3 is 1. The third-order valence-corrected chi connectivity index (χ3v) is 3.90. The second-order valence-corrected chi connectivity index (χ2v) is 5.62. The van der Waals surface area contributed by atoms with Gasteiger partial charge in [-0.15, -0.1) is 0 Å². The van der Waals surface area contributed by atoms with Gasteiger partial charge < -0.3 is 15.0 Å². The molecule has 0 aromatic heterocycles. The van der Waals surface area contributed by atoms with Crippen molar-refractivity contribution in [1.29, 1.82) is 0 Å². The topological polar surface area (TPSA) is 41.6 Å². The summed E-state index contributed by atoms with van der Waals surface area (Å²) in [6.07, 6.45) is 1.87. The van der Waals surface area contributed by atoms with Crippen LogP contribution in [0, 0.1) is 5.92 Å². The van der Waals surface area contributed by atoms with Crippen LogP contribution < -0.4 is 10.1 Å². The number of amides is 1. The number of hydrogen-bond donors (Lipinski definition) is 1. The molecule has 1 fully saturated rings. The minimum absolute atomic E-state index is 0.154. The average molecular weight is 276 g/mol. The Kier molecular flexibility index (Phi) is 5.01. The van der Waals surface area contributed by atoms with E-state index in [-0.39, 0.29) is 11.8 Å². The van der Waals surface area contributed by atoms with Crippen molar-refractivity contribution in [3.63, 3.8) is 0 Å². The van der Waals surface area contributed by atoms with Crippen LogP contribution in [0.25, 0.3) is 0 Å². The molecule has 1 amide bonds. The molecule has 0 aliphatic carbocycles. The molecule has 1 aromatic rings. The second-order valence-electron chi connectivity index (χ2n) is 5.62. The SMILES string of the molecule is COc1cccc(CN(C)C(=O)C2CCNC(C)C2)c1. The van der Waals surface area contributed by atoms with Gasteiger partial charge in [-0.1, -0.05) is 12.1 Å². The number of benzene rings is 1. The van der Waals surface area contributed by atoms with Crippen molar-refractivity contribution < 1.29 is 9.53 Å². The van der Waals surface area contributed by atoms with E-state index in [0.29, 0.717) is 12.6 Å². The molecule has 20 heavy (non-hydrogen) atoms. The fraction of sp³-hybridized carbons (Fsp3) is 0.562. The van der Waals surface area contributed by atoms with Crippen LogP contribution in [0.15, 0.2) is 24.3 Å². The van der Waals surface area contributed by atoms with E-state index in [1.165, 1.54) is 0 Å². The number of hydrogen-bond acceptors (Lipinski definition) is 3. The molecule has 1 aliphatic rings. The Balaban J connectivity index is 1.96. The Morgan fingerprint density at radius 2 is 2.30 bits per heavy atom. The molecular formula is C16H24N2O2. The van der Waals surface area contributed by atoms with Crippen LogP contribution in [0.1, 0.15) is 25.3 Å². The summed E-state index contributed by atoms with van der Waals surface area (Å²) in [5.74, 6) is 1.24. The normalized spacial score (nSPS) is 22.4. The summed E-state index contributed by atoms with van der Waals surface area (Å²) in [4.78, 5) is 14.3. The molecule has 2 unspecified atom stereocenters. The van der Waals surface area contributed by atoms with E-state index < -0.39 is 0 Å². The zero-order valence-corrected chi connectivity index (χ0v) is 12.6. The maximum atomic E-state index is 12.5. The summed E-state index contributed by atoms with van der Waals surface area (Å²) in [5, 5.41) is 3.38. The summed E-state index contributed by atoms with van der Waals surface area (Å²) in [5.41, 5.74) is 1.10. The van der Waals surface area contributed by atoms with Crippen molar-refractivity contribution in [3.05, 3.63) is 29.8 Å². The predicted octanol–water partition coefficient (Wildman–Crippen LogP) is 2.04. The van der Waals surface area contributed by atoms with Gasteiger partial charge in [0.2, 0.25) is 5.91 Å². The van der Waals surface area contributed by atoms with Gasteiger partial charge in [0, 0.05) is 25.6 Å². The fourth-order valence-corrected chi connectivity index (χ4v) is 2.79. The van der Waals surface area contributed by atoms with Gasteiger partial charge in [0.15, 0.2) is 0 Å². The molecule has 110 valence electrons. The van der Waals surface area contributed by atoms with Crippen molar-refractivity contribution in [2.45, 2.75) is 32.4 Å². The van der Waals surface area contributed by atoms with Gasteiger partial charge in [-0.25, -0.2) is 0 Å². The number of rotatable bonds is 4. The van der Waals surface area contributed by atoms with E-state index in [1.54, 1.807) is 7.11 Å². The van der Waals surface area contributed by atoms with Crippen molar-refractivity contribution in [2.24, 2.45) is 5.92 Å². The fourth-order valence-electron chi connectivity index (χ4n) is 2.79. The summed E-state index contributed by atoms with van der Waals surface area (Å²) >= 11 is 0. The highest BCUT2D eigenvalue weighted by atomic mass is 16.5. The van der Waals surface area contributed by atoms with Crippen molar-refractivity contribution >= 4 is 5.91 Å².